The van der Waals surface area contributed by atoms with Gasteiger partial charge in [0.25, 0.3) is 0 Å². The summed E-state index contributed by atoms with van der Waals surface area (Å²) < 4.78 is 11.2. The molecule has 0 saturated heterocycles. The topological polar surface area (TPSA) is 30.5 Å². The number of benzene rings is 1. The lowest BCUT2D eigenvalue weighted by atomic mass is 9.84. The smallest absolute Gasteiger partial charge is 0.161 e. The molecule has 0 spiro atoms. The first-order valence-corrected chi connectivity index (χ1v) is 8.45. The molecule has 21 heavy (non-hydrogen) atoms. The minimum absolute atomic E-state index is 0.641. The molecule has 0 bridgehead atoms. The molecule has 1 heterocycles. The second-order valence-corrected chi connectivity index (χ2v) is 6.37. The van der Waals surface area contributed by atoms with Crippen LogP contribution in [0.25, 0.3) is 0 Å². The second kappa shape index (κ2) is 7.17. The summed E-state index contributed by atoms with van der Waals surface area (Å²) >= 11 is 0. The van der Waals surface area contributed by atoms with Gasteiger partial charge in [0.1, 0.15) is 13.2 Å². The van der Waals surface area contributed by atoms with Crippen LogP contribution in [0.4, 0.5) is 0 Å². The normalized spacial score (nSPS) is 20.2. The molecule has 1 aromatic carbocycles. The lowest BCUT2D eigenvalue weighted by Crippen LogP contribution is -2.35. The number of fused-ring (bicyclic) bond motifs is 1. The molecule has 3 rings (SSSR count). The highest BCUT2D eigenvalue weighted by atomic mass is 16.6. The first kappa shape index (κ1) is 14.7. The molecule has 1 aliphatic heterocycles. The Kier molecular flexibility index (Phi) is 5.02. The summed E-state index contributed by atoms with van der Waals surface area (Å²) in [6.45, 7) is 4.71. The van der Waals surface area contributed by atoms with Crippen LogP contribution in [0.3, 0.4) is 0 Å². The summed E-state index contributed by atoms with van der Waals surface area (Å²) in [4.78, 5) is 0. The molecule has 116 valence electrons. The summed E-state index contributed by atoms with van der Waals surface area (Å²) in [7, 11) is 0. The summed E-state index contributed by atoms with van der Waals surface area (Å²) in [5.74, 6) is 2.66. The van der Waals surface area contributed by atoms with E-state index in [0.717, 1.165) is 30.4 Å². The van der Waals surface area contributed by atoms with Crippen molar-refractivity contribution < 1.29 is 9.47 Å². The van der Waals surface area contributed by atoms with Crippen molar-refractivity contribution in [3.05, 3.63) is 23.8 Å². The lowest BCUT2D eigenvalue weighted by molar-refractivity contribution is 0.171. The van der Waals surface area contributed by atoms with Gasteiger partial charge < -0.3 is 14.8 Å². The monoisotopic (exact) mass is 289 g/mol. The number of hydrogen-bond acceptors (Lipinski definition) is 3. The zero-order valence-electron chi connectivity index (χ0n) is 13.1. The van der Waals surface area contributed by atoms with Gasteiger partial charge in [0.05, 0.1) is 0 Å². The first-order valence-electron chi connectivity index (χ1n) is 8.45. The van der Waals surface area contributed by atoms with Crippen LogP contribution in [0.1, 0.15) is 44.6 Å². The van der Waals surface area contributed by atoms with Crippen molar-refractivity contribution in [2.24, 2.45) is 5.92 Å². The van der Waals surface area contributed by atoms with Crippen molar-refractivity contribution in [2.45, 2.75) is 51.5 Å². The molecule has 1 saturated carbocycles. The maximum atomic E-state index is 5.64. The Morgan fingerprint density at radius 2 is 1.86 bits per heavy atom. The minimum Gasteiger partial charge on any atom is -0.486 e. The Balaban J connectivity index is 1.46. The van der Waals surface area contributed by atoms with Crippen molar-refractivity contribution in [1.29, 1.82) is 0 Å². The van der Waals surface area contributed by atoms with Gasteiger partial charge in [0.2, 0.25) is 0 Å². The second-order valence-electron chi connectivity index (χ2n) is 6.37. The van der Waals surface area contributed by atoms with Crippen LogP contribution in [-0.4, -0.2) is 25.8 Å². The van der Waals surface area contributed by atoms with Gasteiger partial charge in [-0.3, -0.25) is 0 Å². The van der Waals surface area contributed by atoms with Crippen LogP contribution in [-0.2, 0) is 6.42 Å². The van der Waals surface area contributed by atoms with Crippen LogP contribution in [0.15, 0.2) is 18.2 Å². The Morgan fingerprint density at radius 3 is 2.67 bits per heavy atom. The molecule has 1 unspecified atom stereocenters. The van der Waals surface area contributed by atoms with Crippen molar-refractivity contribution in [3.8, 4) is 11.5 Å². The Labute approximate surface area is 128 Å². The summed E-state index contributed by atoms with van der Waals surface area (Å²) in [5, 5.41) is 3.71. The van der Waals surface area contributed by atoms with Gasteiger partial charge in [0, 0.05) is 6.04 Å². The molecule has 2 aliphatic rings. The Bertz CT molecular complexity index is 455. The van der Waals surface area contributed by atoms with Gasteiger partial charge in [-0.1, -0.05) is 25.3 Å². The van der Waals surface area contributed by atoms with Crippen LogP contribution >= 0.6 is 0 Å². The number of rotatable bonds is 5. The molecule has 1 aliphatic carbocycles. The van der Waals surface area contributed by atoms with E-state index in [4.69, 9.17) is 9.47 Å². The van der Waals surface area contributed by atoms with Gasteiger partial charge in [0.15, 0.2) is 11.5 Å². The highest BCUT2D eigenvalue weighted by Crippen LogP contribution is 2.31. The predicted molar refractivity (Wildman–Crippen MR) is 85.2 cm³/mol. The van der Waals surface area contributed by atoms with Crippen molar-refractivity contribution in [1.82, 2.24) is 5.32 Å². The number of nitrogens with one attached hydrogen (secondary N) is 1. The van der Waals surface area contributed by atoms with Gasteiger partial charge in [-0.05, 0) is 56.3 Å². The van der Waals surface area contributed by atoms with Crippen LogP contribution in [0.2, 0.25) is 0 Å². The fourth-order valence-electron chi connectivity index (χ4n) is 3.49. The van der Waals surface area contributed by atoms with Crippen molar-refractivity contribution >= 4 is 0 Å². The van der Waals surface area contributed by atoms with E-state index in [1.807, 2.05) is 6.07 Å². The average Bonchev–Trinajstić information content (AvgIpc) is 2.55. The van der Waals surface area contributed by atoms with Crippen LogP contribution in [0.5, 0.6) is 11.5 Å². The minimum atomic E-state index is 0.641. The molecule has 1 aromatic rings. The van der Waals surface area contributed by atoms with Crippen molar-refractivity contribution in [3.63, 3.8) is 0 Å². The van der Waals surface area contributed by atoms with Gasteiger partial charge in [-0.15, -0.1) is 0 Å². The largest absolute Gasteiger partial charge is 0.486 e. The molecule has 1 fully saturated rings. The maximum Gasteiger partial charge on any atom is 0.161 e. The SMILES string of the molecule is CC(NCCc1ccc2c(c1)OCCO2)C1CCCCC1. The van der Waals surface area contributed by atoms with Gasteiger partial charge in [-0.25, -0.2) is 0 Å². The predicted octanol–water partition coefficient (Wildman–Crippen LogP) is 3.56. The molecule has 3 nitrogen and oxygen atoms in total. The van der Waals surface area contributed by atoms with E-state index in [2.05, 4.69) is 24.4 Å². The van der Waals surface area contributed by atoms with Crippen LogP contribution < -0.4 is 14.8 Å². The van der Waals surface area contributed by atoms with E-state index in [0.29, 0.717) is 19.3 Å². The van der Waals surface area contributed by atoms with E-state index in [-0.39, 0.29) is 0 Å². The van der Waals surface area contributed by atoms with E-state index < -0.39 is 0 Å². The average molecular weight is 289 g/mol. The summed E-state index contributed by atoms with van der Waals surface area (Å²) in [6, 6.07) is 6.96. The molecular formula is C18H27NO2. The zero-order chi connectivity index (χ0) is 14.5. The third-order valence-electron chi connectivity index (χ3n) is 4.84. The van der Waals surface area contributed by atoms with Gasteiger partial charge in [-0.2, -0.15) is 0 Å². The van der Waals surface area contributed by atoms with E-state index >= 15 is 0 Å². The van der Waals surface area contributed by atoms with E-state index in [1.165, 1.54) is 37.7 Å². The van der Waals surface area contributed by atoms with Crippen molar-refractivity contribution in [2.75, 3.05) is 19.8 Å². The third-order valence-corrected chi connectivity index (χ3v) is 4.84. The standard InChI is InChI=1S/C18H27NO2/c1-14(16-5-3-2-4-6-16)19-10-9-15-7-8-17-18(13-15)21-12-11-20-17/h7-8,13-14,16,19H,2-6,9-12H2,1H3. The third kappa shape index (κ3) is 3.91. The first-order chi connectivity index (χ1) is 10.3. The number of hydrogen-bond donors (Lipinski definition) is 1. The number of ether oxygens (including phenoxy) is 2. The molecule has 3 heteroatoms. The zero-order valence-corrected chi connectivity index (χ0v) is 13.1. The molecule has 0 aromatic heterocycles. The highest BCUT2D eigenvalue weighted by molar-refractivity contribution is 5.43. The van der Waals surface area contributed by atoms with E-state index in [9.17, 15) is 0 Å². The molecule has 0 radical (unpaired) electrons. The summed E-state index contributed by atoms with van der Waals surface area (Å²) in [5.41, 5.74) is 1.32. The maximum absolute atomic E-state index is 5.64. The molecular weight excluding hydrogens is 262 g/mol. The lowest BCUT2D eigenvalue weighted by Gasteiger charge is -2.28. The fraction of sp³-hybridized carbons (Fsp3) is 0.667. The quantitative estimate of drug-likeness (QED) is 0.899. The Morgan fingerprint density at radius 1 is 1.10 bits per heavy atom. The summed E-state index contributed by atoms with van der Waals surface area (Å²) in [6.07, 6.45) is 8.11. The molecule has 0 amide bonds. The Hall–Kier alpha value is -1.22. The fourth-order valence-corrected chi connectivity index (χ4v) is 3.49. The van der Waals surface area contributed by atoms with E-state index in [1.54, 1.807) is 0 Å². The van der Waals surface area contributed by atoms with Gasteiger partial charge >= 0.3 is 0 Å². The molecule has 1 atom stereocenters. The van der Waals surface area contributed by atoms with Crippen LogP contribution in [0, 0.1) is 5.92 Å². The molecule has 1 N–H and O–H groups in total. The highest BCUT2D eigenvalue weighted by Gasteiger charge is 2.19.